The third-order valence-electron chi connectivity index (χ3n) is 5.57. The summed E-state index contributed by atoms with van der Waals surface area (Å²) in [6.07, 6.45) is 2.79. The molecule has 2 aromatic rings. The van der Waals surface area contributed by atoms with Crippen LogP contribution in [0.3, 0.4) is 0 Å². The van der Waals surface area contributed by atoms with Crippen molar-refractivity contribution in [2.24, 2.45) is 5.92 Å². The van der Waals surface area contributed by atoms with E-state index in [1.807, 2.05) is 29.2 Å². The molecule has 0 bridgehead atoms. The Labute approximate surface area is 180 Å². The number of carbonyl (C=O) groups is 1. The molecule has 1 amide bonds. The zero-order valence-corrected chi connectivity index (χ0v) is 18.6. The van der Waals surface area contributed by atoms with Gasteiger partial charge in [-0.3, -0.25) is 9.69 Å². The van der Waals surface area contributed by atoms with E-state index in [1.54, 1.807) is 13.3 Å². The topological polar surface area (TPSA) is 57.7 Å². The van der Waals surface area contributed by atoms with Crippen LogP contribution in [-0.2, 0) is 6.54 Å². The van der Waals surface area contributed by atoms with Gasteiger partial charge in [0.1, 0.15) is 11.6 Å². The molecule has 0 radical (unpaired) electrons. The van der Waals surface area contributed by atoms with Crippen LogP contribution in [0.25, 0.3) is 0 Å². The number of amides is 1. The molecular weight excluding hydrogens is 376 g/mol. The summed E-state index contributed by atoms with van der Waals surface area (Å²) in [5, 5.41) is 3.35. The number of hydrogen-bond acceptors (Lipinski definition) is 5. The lowest BCUT2D eigenvalue weighted by molar-refractivity contribution is 0.0476. The number of pyridine rings is 1. The van der Waals surface area contributed by atoms with Crippen LogP contribution in [0.4, 0.5) is 5.82 Å². The Morgan fingerprint density at radius 1 is 1.27 bits per heavy atom. The average molecular weight is 411 g/mol. The fourth-order valence-electron chi connectivity index (χ4n) is 3.86. The van der Waals surface area contributed by atoms with Crippen LogP contribution in [0.5, 0.6) is 5.75 Å². The first-order valence-corrected chi connectivity index (χ1v) is 10.8. The number of anilines is 1. The number of hydrogen-bond donors (Lipinski definition) is 1. The second-order valence-electron chi connectivity index (χ2n) is 8.44. The Morgan fingerprint density at radius 2 is 2.10 bits per heavy atom. The van der Waals surface area contributed by atoms with E-state index in [9.17, 15) is 4.79 Å². The number of methoxy groups -OCH3 is 1. The number of benzene rings is 1. The van der Waals surface area contributed by atoms with Crippen LogP contribution in [0.2, 0.25) is 0 Å². The minimum absolute atomic E-state index is 0.0590. The van der Waals surface area contributed by atoms with E-state index < -0.39 is 0 Å². The predicted molar refractivity (Wildman–Crippen MR) is 121 cm³/mol. The molecule has 6 nitrogen and oxygen atoms in total. The van der Waals surface area contributed by atoms with E-state index in [0.717, 1.165) is 38.3 Å². The van der Waals surface area contributed by atoms with Gasteiger partial charge in [0.2, 0.25) is 0 Å². The van der Waals surface area contributed by atoms with Crippen molar-refractivity contribution in [3.05, 3.63) is 53.7 Å². The quantitative estimate of drug-likeness (QED) is 0.715. The predicted octanol–water partition coefficient (Wildman–Crippen LogP) is 3.89. The molecule has 0 saturated carbocycles. The third-order valence-corrected chi connectivity index (χ3v) is 5.57. The summed E-state index contributed by atoms with van der Waals surface area (Å²) in [5.74, 6) is 2.24. The summed E-state index contributed by atoms with van der Waals surface area (Å²) in [5.41, 5.74) is 1.89. The number of rotatable bonds is 8. The van der Waals surface area contributed by atoms with E-state index in [2.05, 4.69) is 48.1 Å². The van der Waals surface area contributed by atoms with Crippen LogP contribution in [0, 0.1) is 5.92 Å². The first-order chi connectivity index (χ1) is 14.5. The first kappa shape index (κ1) is 22.1. The van der Waals surface area contributed by atoms with Gasteiger partial charge in [0.25, 0.3) is 5.91 Å². The second kappa shape index (κ2) is 10.4. The minimum Gasteiger partial charge on any atom is -0.497 e. The summed E-state index contributed by atoms with van der Waals surface area (Å²) in [6, 6.07) is 12.0. The first-order valence-electron chi connectivity index (χ1n) is 10.8. The van der Waals surface area contributed by atoms with Gasteiger partial charge in [-0.15, -0.1) is 0 Å². The van der Waals surface area contributed by atoms with Gasteiger partial charge in [-0.25, -0.2) is 4.98 Å². The Hall–Kier alpha value is -2.60. The fourth-order valence-corrected chi connectivity index (χ4v) is 3.86. The molecule has 0 aliphatic carbocycles. The molecule has 1 aromatic carbocycles. The highest BCUT2D eigenvalue weighted by atomic mass is 16.5. The van der Waals surface area contributed by atoms with Gasteiger partial charge in [0, 0.05) is 45.0 Å². The third kappa shape index (κ3) is 5.72. The maximum Gasteiger partial charge on any atom is 0.257 e. The van der Waals surface area contributed by atoms with Gasteiger partial charge in [0.05, 0.1) is 12.7 Å². The van der Waals surface area contributed by atoms with E-state index in [1.165, 1.54) is 5.56 Å². The minimum atomic E-state index is 0.0590. The molecule has 6 heteroatoms. The maximum absolute atomic E-state index is 13.3. The van der Waals surface area contributed by atoms with E-state index in [-0.39, 0.29) is 11.9 Å². The van der Waals surface area contributed by atoms with Crippen molar-refractivity contribution in [1.82, 2.24) is 14.8 Å². The Balaban J connectivity index is 1.62. The zero-order chi connectivity index (χ0) is 21.5. The van der Waals surface area contributed by atoms with E-state index in [4.69, 9.17) is 4.74 Å². The normalized spacial score (nSPS) is 17.2. The van der Waals surface area contributed by atoms with Crippen molar-refractivity contribution in [3.63, 3.8) is 0 Å². The van der Waals surface area contributed by atoms with Gasteiger partial charge in [0.15, 0.2) is 0 Å². The standard InChI is InChI=1S/C24H34N4O2/c1-18(2)10-12-26-23-22(9-6-11-25-23)24(29)28-14-13-27(16-19(28)3)17-20-7-5-8-21(15-20)30-4/h5-9,11,15,18-19H,10,12-14,16-17H2,1-4H3,(H,25,26)/t19-/m1/s1. The fraction of sp³-hybridized carbons (Fsp3) is 0.500. The second-order valence-corrected chi connectivity index (χ2v) is 8.44. The number of nitrogens with one attached hydrogen (secondary N) is 1. The molecular formula is C24H34N4O2. The van der Waals surface area contributed by atoms with Crippen molar-refractivity contribution in [2.45, 2.75) is 39.8 Å². The summed E-state index contributed by atoms with van der Waals surface area (Å²) in [7, 11) is 1.69. The monoisotopic (exact) mass is 410 g/mol. The molecule has 0 unspecified atom stereocenters. The lowest BCUT2D eigenvalue weighted by atomic mass is 10.1. The van der Waals surface area contributed by atoms with Gasteiger partial charge < -0.3 is 15.0 Å². The average Bonchev–Trinajstić information content (AvgIpc) is 2.74. The zero-order valence-electron chi connectivity index (χ0n) is 18.6. The van der Waals surface area contributed by atoms with Crippen LogP contribution >= 0.6 is 0 Å². The van der Waals surface area contributed by atoms with Crippen LogP contribution < -0.4 is 10.1 Å². The van der Waals surface area contributed by atoms with Crippen molar-refractivity contribution >= 4 is 11.7 Å². The Bertz CT molecular complexity index is 839. The summed E-state index contributed by atoms with van der Waals surface area (Å²) in [6.45, 7) is 10.6. The van der Waals surface area contributed by atoms with Crippen LogP contribution in [0.1, 0.15) is 43.1 Å². The van der Waals surface area contributed by atoms with Gasteiger partial charge >= 0.3 is 0 Å². The van der Waals surface area contributed by atoms with Crippen molar-refractivity contribution in [2.75, 3.05) is 38.6 Å². The van der Waals surface area contributed by atoms with E-state index >= 15 is 0 Å². The summed E-state index contributed by atoms with van der Waals surface area (Å²) < 4.78 is 5.33. The molecule has 1 atom stereocenters. The van der Waals surface area contributed by atoms with Crippen molar-refractivity contribution in [1.29, 1.82) is 0 Å². The van der Waals surface area contributed by atoms with Crippen LogP contribution in [-0.4, -0.2) is 60.0 Å². The SMILES string of the molecule is COc1cccc(CN2CCN(C(=O)c3cccnc3NCCC(C)C)[C@H](C)C2)c1. The molecule has 1 fully saturated rings. The number of aromatic nitrogens is 1. The molecule has 1 saturated heterocycles. The number of piperazine rings is 1. The largest absolute Gasteiger partial charge is 0.497 e. The van der Waals surface area contributed by atoms with Gasteiger partial charge in [-0.2, -0.15) is 0 Å². The Morgan fingerprint density at radius 3 is 2.83 bits per heavy atom. The lowest BCUT2D eigenvalue weighted by Crippen LogP contribution is -2.53. The lowest BCUT2D eigenvalue weighted by Gasteiger charge is -2.40. The highest BCUT2D eigenvalue weighted by molar-refractivity contribution is 5.99. The molecule has 1 aliphatic rings. The highest BCUT2D eigenvalue weighted by Crippen LogP contribution is 2.21. The molecule has 30 heavy (non-hydrogen) atoms. The molecule has 2 heterocycles. The number of nitrogens with zero attached hydrogens (tertiary/aromatic N) is 3. The van der Waals surface area contributed by atoms with Crippen molar-refractivity contribution in [3.8, 4) is 5.75 Å². The Kier molecular flexibility index (Phi) is 7.69. The molecule has 0 spiro atoms. The molecule has 1 aliphatic heterocycles. The molecule has 1 aromatic heterocycles. The van der Waals surface area contributed by atoms with Crippen LogP contribution in [0.15, 0.2) is 42.6 Å². The van der Waals surface area contributed by atoms with Crippen molar-refractivity contribution < 1.29 is 9.53 Å². The molecule has 162 valence electrons. The highest BCUT2D eigenvalue weighted by Gasteiger charge is 2.29. The van der Waals surface area contributed by atoms with Gasteiger partial charge in [-0.05, 0) is 49.1 Å². The summed E-state index contributed by atoms with van der Waals surface area (Å²) >= 11 is 0. The molecule has 3 rings (SSSR count). The number of ether oxygens (including phenoxy) is 1. The molecule has 1 N–H and O–H groups in total. The summed E-state index contributed by atoms with van der Waals surface area (Å²) in [4.78, 5) is 22.1. The smallest absolute Gasteiger partial charge is 0.257 e. The van der Waals surface area contributed by atoms with E-state index in [0.29, 0.717) is 23.8 Å². The van der Waals surface area contributed by atoms with Gasteiger partial charge in [-0.1, -0.05) is 26.0 Å². The number of carbonyl (C=O) groups excluding carboxylic acids is 1. The maximum atomic E-state index is 13.3.